The van der Waals surface area contributed by atoms with Gasteiger partial charge in [-0.3, -0.25) is 16.0 Å². The van der Waals surface area contributed by atoms with Gasteiger partial charge in [0.05, 0.1) is 30.7 Å². The van der Waals surface area contributed by atoms with E-state index in [-0.39, 0.29) is 0 Å². The Morgan fingerprint density at radius 2 is 0.691 bits per heavy atom. The Bertz CT molecular complexity index is 1260. The van der Waals surface area contributed by atoms with E-state index in [9.17, 15) is 0 Å². The van der Waals surface area contributed by atoms with Gasteiger partial charge in [-0.05, 0) is 185 Å². The zero-order chi connectivity index (χ0) is 36.3. The number of ether oxygens (including phenoxy) is 1. The van der Waals surface area contributed by atoms with Gasteiger partial charge >= 0.3 is 0 Å². The predicted molar refractivity (Wildman–Crippen MR) is 225 cm³/mol. The number of fused-ring (bicyclic) bond motifs is 6. The highest BCUT2D eigenvalue weighted by molar-refractivity contribution is 5.08. The maximum Gasteiger partial charge on any atom is 0.0645 e. The van der Waals surface area contributed by atoms with Crippen LogP contribution in [-0.4, -0.2) is 30.7 Å². The Kier molecular flexibility index (Phi) is 11.5. The molecule has 3 N–H and O–H groups in total. The standard InChI is InChI=1S/C51H85N3O/c1-3-11-32(12-4-1)38-20-21-40-29-42(24-22-39(40)27-38)50-52-49(34-14-5-2-6-15-34)53-51(54-50)44-26-25-43(41-23-19-33-13-7-8-16-35(33)28-41)48-47(44)45-30-36-17-9-10-18-37(36)31-46(45)55-48/h32-54H,1-31H2. The molecule has 11 rings (SSSR count). The minimum absolute atomic E-state index is 0.465. The lowest BCUT2D eigenvalue weighted by molar-refractivity contribution is -0.0812. The molecule has 0 spiro atoms. The lowest BCUT2D eigenvalue weighted by Crippen LogP contribution is -2.73. The fourth-order valence-corrected chi connectivity index (χ4v) is 18.1. The topological polar surface area (TPSA) is 45.3 Å². The predicted octanol–water partition coefficient (Wildman–Crippen LogP) is 12.0. The minimum Gasteiger partial charge on any atom is -0.374 e. The zero-order valence-corrected chi connectivity index (χ0v) is 35.4. The van der Waals surface area contributed by atoms with Crippen LogP contribution in [0, 0.1) is 88.8 Å². The van der Waals surface area contributed by atoms with Crippen LogP contribution in [0.5, 0.6) is 0 Å². The van der Waals surface area contributed by atoms with Gasteiger partial charge < -0.3 is 4.74 Å². The molecular formula is C51H85N3O. The van der Waals surface area contributed by atoms with Crippen molar-refractivity contribution in [1.82, 2.24) is 16.0 Å². The van der Waals surface area contributed by atoms with Crippen molar-refractivity contribution in [2.45, 2.75) is 230 Å². The molecule has 0 amide bonds. The van der Waals surface area contributed by atoms with Crippen LogP contribution in [0.25, 0.3) is 0 Å². The molecule has 0 aromatic rings. The highest BCUT2D eigenvalue weighted by Crippen LogP contribution is 2.59. The molecule has 4 heteroatoms. The first kappa shape index (κ1) is 37.8. The van der Waals surface area contributed by atoms with Gasteiger partial charge in [0.25, 0.3) is 0 Å². The maximum absolute atomic E-state index is 7.67. The van der Waals surface area contributed by atoms with Crippen molar-refractivity contribution in [2.75, 3.05) is 0 Å². The second-order valence-electron chi connectivity index (χ2n) is 23.3. The monoisotopic (exact) mass is 756 g/mol. The summed E-state index contributed by atoms with van der Waals surface area (Å²) in [4.78, 5) is 0. The molecule has 2 aliphatic heterocycles. The first-order valence-corrected chi connectivity index (χ1v) is 26.2. The quantitative estimate of drug-likeness (QED) is 0.261. The van der Waals surface area contributed by atoms with Crippen LogP contribution in [-0.2, 0) is 4.74 Å². The molecule has 0 radical (unpaired) electrons. The van der Waals surface area contributed by atoms with Crippen molar-refractivity contribution in [3.63, 3.8) is 0 Å². The van der Waals surface area contributed by atoms with Gasteiger partial charge in [-0.15, -0.1) is 0 Å². The number of hydrogen-bond acceptors (Lipinski definition) is 4. The van der Waals surface area contributed by atoms with Crippen LogP contribution in [0.1, 0.15) is 199 Å². The fourth-order valence-electron chi connectivity index (χ4n) is 18.1. The fraction of sp³-hybridized carbons (Fsp3) is 1.00. The van der Waals surface area contributed by atoms with Crippen molar-refractivity contribution in [1.29, 1.82) is 0 Å². The van der Waals surface area contributed by atoms with Crippen LogP contribution >= 0.6 is 0 Å². The maximum atomic E-state index is 7.67. The normalized spacial score (nSPS) is 52.6. The molecule has 11 aliphatic rings. The first-order chi connectivity index (χ1) is 27.2. The van der Waals surface area contributed by atoms with Crippen molar-refractivity contribution in [3.8, 4) is 0 Å². The molecule has 9 aliphatic carbocycles. The summed E-state index contributed by atoms with van der Waals surface area (Å²) in [6.07, 6.45) is 49.1. The summed E-state index contributed by atoms with van der Waals surface area (Å²) in [7, 11) is 0. The van der Waals surface area contributed by atoms with E-state index >= 15 is 0 Å². The summed E-state index contributed by atoms with van der Waals surface area (Å²) in [5.74, 6) is 14.0. The van der Waals surface area contributed by atoms with Crippen molar-refractivity contribution in [2.24, 2.45) is 88.8 Å². The number of hydrogen-bond donors (Lipinski definition) is 3. The van der Waals surface area contributed by atoms with E-state index < -0.39 is 0 Å². The zero-order valence-electron chi connectivity index (χ0n) is 35.4. The van der Waals surface area contributed by atoms with E-state index in [0.29, 0.717) is 30.7 Å². The Hall–Kier alpha value is -0.160. The molecular weight excluding hydrogens is 671 g/mol. The van der Waals surface area contributed by atoms with Gasteiger partial charge in [0, 0.05) is 0 Å². The Morgan fingerprint density at radius 3 is 1.40 bits per heavy atom. The van der Waals surface area contributed by atoms with Gasteiger partial charge in [0.1, 0.15) is 0 Å². The van der Waals surface area contributed by atoms with Gasteiger partial charge in [-0.1, -0.05) is 103 Å². The van der Waals surface area contributed by atoms with Gasteiger partial charge in [0.2, 0.25) is 0 Å². The molecule has 9 saturated carbocycles. The third-order valence-corrected chi connectivity index (χ3v) is 20.9. The summed E-state index contributed by atoms with van der Waals surface area (Å²) in [5.41, 5.74) is 0. The molecule has 0 aromatic carbocycles. The second kappa shape index (κ2) is 16.7. The van der Waals surface area contributed by atoms with Crippen molar-refractivity contribution >= 4 is 0 Å². The molecule has 0 aromatic heterocycles. The molecule has 18 unspecified atom stereocenters. The third kappa shape index (κ3) is 7.62. The summed E-state index contributed by atoms with van der Waals surface area (Å²) in [5, 5.41) is 13.4. The minimum atomic E-state index is 0.465. The highest BCUT2D eigenvalue weighted by Gasteiger charge is 2.59. The second-order valence-corrected chi connectivity index (χ2v) is 23.3. The Labute approximate surface area is 338 Å². The van der Waals surface area contributed by atoms with Crippen LogP contribution < -0.4 is 16.0 Å². The van der Waals surface area contributed by atoms with Gasteiger partial charge in [-0.2, -0.15) is 0 Å². The van der Waals surface area contributed by atoms with E-state index in [1.54, 1.807) is 44.9 Å². The van der Waals surface area contributed by atoms with Crippen LogP contribution in [0.2, 0.25) is 0 Å². The summed E-state index contributed by atoms with van der Waals surface area (Å²) in [6, 6.07) is 0. The van der Waals surface area contributed by atoms with E-state index in [1.807, 2.05) is 0 Å². The average Bonchev–Trinajstić information content (AvgIpc) is 3.63. The number of nitrogens with one attached hydrogen (secondary N) is 3. The largest absolute Gasteiger partial charge is 0.374 e. The molecule has 2 heterocycles. The van der Waals surface area contributed by atoms with Crippen LogP contribution in [0.15, 0.2) is 0 Å². The molecule has 18 atom stereocenters. The van der Waals surface area contributed by atoms with E-state index in [2.05, 4.69) is 16.0 Å². The smallest absolute Gasteiger partial charge is 0.0645 e. The lowest BCUT2D eigenvalue weighted by atomic mass is 9.56. The molecule has 55 heavy (non-hydrogen) atoms. The van der Waals surface area contributed by atoms with E-state index in [0.717, 1.165) is 88.8 Å². The average molecular weight is 756 g/mol. The lowest BCUT2D eigenvalue weighted by Gasteiger charge is -2.54. The molecule has 310 valence electrons. The van der Waals surface area contributed by atoms with Gasteiger partial charge in [0.15, 0.2) is 0 Å². The summed E-state index contributed by atoms with van der Waals surface area (Å²) >= 11 is 0. The molecule has 2 saturated heterocycles. The SMILES string of the molecule is C1CCC(C2CCC3CC(C4NC(C5CCCCC5)NC(C5CCC(C6CCC7CCCCC7C6)C6OC7CC8CCCCC8CC7C56)N4)CCC3C2)CC1. The van der Waals surface area contributed by atoms with Crippen LogP contribution in [0.4, 0.5) is 0 Å². The molecule has 0 bridgehead atoms. The van der Waals surface area contributed by atoms with Gasteiger partial charge in [-0.25, -0.2) is 0 Å². The molecule has 11 fully saturated rings. The third-order valence-electron chi connectivity index (χ3n) is 20.9. The highest BCUT2D eigenvalue weighted by atomic mass is 16.5. The van der Waals surface area contributed by atoms with E-state index in [4.69, 9.17) is 4.74 Å². The Balaban J connectivity index is 0.835. The van der Waals surface area contributed by atoms with Crippen molar-refractivity contribution in [3.05, 3.63) is 0 Å². The summed E-state index contributed by atoms with van der Waals surface area (Å²) < 4.78 is 7.67. The van der Waals surface area contributed by atoms with Crippen molar-refractivity contribution < 1.29 is 4.74 Å². The number of rotatable bonds is 5. The first-order valence-electron chi connectivity index (χ1n) is 26.2. The van der Waals surface area contributed by atoms with E-state index in [1.165, 1.54) is 154 Å². The summed E-state index contributed by atoms with van der Waals surface area (Å²) in [6.45, 7) is 0. The van der Waals surface area contributed by atoms with Crippen LogP contribution in [0.3, 0.4) is 0 Å². The molecule has 4 nitrogen and oxygen atoms in total. The Morgan fingerprint density at radius 1 is 0.273 bits per heavy atom.